The summed E-state index contributed by atoms with van der Waals surface area (Å²) in [4.78, 5) is 36.7. The first-order valence-electron chi connectivity index (χ1n) is 8.60. The molecule has 0 saturated heterocycles. The van der Waals surface area contributed by atoms with Gasteiger partial charge < -0.3 is 10.6 Å². The first-order valence-corrected chi connectivity index (χ1v) is 8.60. The fourth-order valence-corrected chi connectivity index (χ4v) is 2.69. The molecule has 1 aromatic carbocycles. The summed E-state index contributed by atoms with van der Waals surface area (Å²) in [5, 5.41) is 7.93. The van der Waals surface area contributed by atoms with Crippen molar-refractivity contribution in [2.75, 3.05) is 5.32 Å². The Kier molecular flexibility index (Phi) is 4.83. The summed E-state index contributed by atoms with van der Waals surface area (Å²) in [7, 11) is 1.78. The SMILES string of the molecule is Cc1c(NC(C)C(=O)NC(=O)NC2CC2)c(=O)n(-c2ccccc2)n1C. The van der Waals surface area contributed by atoms with Crippen LogP contribution in [0.2, 0.25) is 0 Å². The number of hydrogen-bond donors (Lipinski definition) is 3. The summed E-state index contributed by atoms with van der Waals surface area (Å²) in [5.74, 6) is -0.489. The lowest BCUT2D eigenvalue weighted by molar-refractivity contribution is -0.120. The molecular formula is C18H23N5O3. The Morgan fingerprint density at radius 3 is 2.46 bits per heavy atom. The second-order valence-corrected chi connectivity index (χ2v) is 6.54. The third-order valence-corrected chi connectivity index (χ3v) is 4.46. The predicted octanol–water partition coefficient (Wildman–Crippen LogP) is 1.27. The molecule has 8 heteroatoms. The van der Waals surface area contributed by atoms with Crippen molar-refractivity contribution in [2.45, 2.75) is 38.8 Å². The summed E-state index contributed by atoms with van der Waals surface area (Å²) < 4.78 is 3.26. The molecule has 1 aliphatic carbocycles. The fourth-order valence-electron chi connectivity index (χ4n) is 2.69. The van der Waals surface area contributed by atoms with E-state index >= 15 is 0 Å². The number of benzene rings is 1. The zero-order valence-electron chi connectivity index (χ0n) is 15.1. The quantitative estimate of drug-likeness (QED) is 0.751. The van der Waals surface area contributed by atoms with Crippen LogP contribution in [-0.2, 0) is 11.8 Å². The smallest absolute Gasteiger partial charge is 0.321 e. The van der Waals surface area contributed by atoms with E-state index in [9.17, 15) is 14.4 Å². The minimum absolute atomic E-state index is 0.167. The molecule has 3 N–H and O–H groups in total. The molecule has 1 fully saturated rings. The van der Waals surface area contributed by atoms with Crippen molar-refractivity contribution < 1.29 is 9.59 Å². The Labute approximate surface area is 151 Å². The minimum Gasteiger partial charge on any atom is -0.368 e. The van der Waals surface area contributed by atoms with Crippen LogP contribution in [0.3, 0.4) is 0 Å². The molecule has 1 aromatic heterocycles. The monoisotopic (exact) mass is 357 g/mol. The fraction of sp³-hybridized carbons (Fsp3) is 0.389. The molecule has 1 aliphatic rings. The Hall–Kier alpha value is -3.03. The van der Waals surface area contributed by atoms with Crippen LogP contribution < -0.4 is 21.5 Å². The third-order valence-electron chi connectivity index (χ3n) is 4.46. The van der Waals surface area contributed by atoms with Gasteiger partial charge >= 0.3 is 6.03 Å². The lowest BCUT2D eigenvalue weighted by atomic mass is 10.2. The highest BCUT2D eigenvalue weighted by atomic mass is 16.2. The number of rotatable bonds is 5. The lowest BCUT2D eigenvalue weighted by Crippen LogP contribution is -2.46. The summed E-state index contributed by atoms with van der Waals surface area (Å²) >= 11 is 0. The number of carbonyl (C=O) groups is 2. The van der Waals surface area contributed by atoms with Crippen LogP contribution in [0.1, 0.15) is 25.5 Å². The molecular weight excluding hydrogens is 334 g/mol. The number of para-hydroxylation sites is 1. The van der Waals surface area contributed by atoms with Crippen molar-refractivity contribution in [2.24, 2.45) is 7.05 Å². The van der Waals surface area contributed by atoms with E-state index in [2.05, 4.69) is 16.0 Å². The van der Waals surface area contributed by atoms with Gasteiger partial charge in [0.05, 0.1) is 11.4 Å². The second kappa shape index (κ2) is 7.07. The van der Waals surface area contributed by atoms with Gasteiger partial charge in [0.15, 0.2) is 0 Å². The molecule has 0 radical (unpaired) electrons. The van der Waals surface area contributed by atoms with Gasteiger partial charge in [-0.15, -0.1) is 0 Å². The van der Waals surface area contributed by atoms with Gasteiger partial charge in [0.2, 0.25) is 5.91 Å². The van der Waals surface area contributed by atoms with E-state index in [-0.39, 0.29) is 11.6 Å². The van der Waals surface area contributed by atoms with Crippen LogP contribution in [0.5, 0.6) is 0 Å². The maximum atomic E-state index is 12.8. The molecule has 0 bridgehead atoms. The normalized spacial score (nSPS) is 14.6. The molecule has 1 saturated carbocycles. The zero-order chi connectivity index (χ0) is 18.8. The van der Waals surface area contributed by atoms with Crippen molar-refractivity contribution in [1.29, 1.82) is 0 Å². The Morgan fingerprint density at radius 2 is 1.85 bits per heavy atom. The maximum absolute atomic E-state index is 12.8. The molecule has 1 unspecified atom stereocenters. The van der Waals surface area contributed by atoms with Crippen molar-refractivity contribution >= 4 is 17.6 Å². The van der Waals surface area contributed by atoms with E-state index in [0.29, 0.717) is 11.4 Å². The van der Waals surface area contributed by atoms with Crippen LogP contribution in [0.4, 0.5) is 10.5 Å². The van der Waals surface area contributed by atoms with Crippen molar-refractivity contribution in [1.82, 2.24) is 20.0 Å². The Balaban J connectivity index is 1.76. The van der Waals surface area contributed by atoms with Crippen LogP contribution in [-0.4, -0.2) is 33.4 Å². The highest BCUT2D eigenvalue weighted by Crippen LogP contribution is 2.18. The number of anilines is 1. The predicted molar refractivity (Wildman–Crippen MR) is 98.5 cm³/mol. The summed E-state index contributed by atoms with van der Waals surface area (Å²) in [5.41, 5.74) is 1.51. The van der Waals surface area contributed by atoms with Gasteiger partial charge in [0.1, 0.15) is 11.7 Å². The molecule has 0 aliphatic heterocycles. The van der Waals surface area contributed by atoms with Gasteiger partial charge in [0.25, 0.3) is 5.56 Å². The standard InChI is InChI=1S/C18H23N5O3/c1-11(16(24)21-18(26)20-13-9-10-13)19-15-12(2)22(3)23(17(15)25)14-7-5-4-6-8-14/h4-8,11,13,19H,9-10H2,1-3H3,(H2,20,21,24,26). The lowest BCUT2D eigenvalue weighted by Gasteiger charge is -2.14. The van der Waals surface area contributed by atoms with Gasteiger partial charge in [-0.2, -0.15) is 0 Å². The van der Waals surface area contributed by atoms with Gasteiger partial charge in [-0.3, -0.25) is 19.6 Å². The first-order chi connectivity index (χ1) is 12.4. The molecule has 1 atom stereocenters. The molecule has 0 spiro atoms. The number of urea groups is 1. The highest BCUT2D eigenvalue weighted by Gasteiger charge is 2.26. The van der Waals surface area contributed by atoms with Crippen molar-refractivity contribution in [3.8, 4) is 5.69 Å². The first kappa shape index (κ1) is 17.8. The van der Waals surface area contributed by atoms with Crippen molar-refractivity contribution in [3.63, 3.8) is 0 Å². The average Bonchev–Trinajstić information content (AvgIpc) is 3.39. The van der Waals surface area contributed by atoms with Crippen LogP contribution in [0, 0.1) is 6.92 Å². The second-order valence-electron chi connectivity index (χ2n) is 6.54. The molecule has 3 amide bonds. The highest BCUT2D eigenvalue weighted by molar-refractivity contribution is 5.98. The molecule has 8 nitrogen and oxygen atoms in total. The molecule has 2 aromatic rings. The van der Waals surface area contributed by atoms with Crippen molar-refractivity contribution in [3.05, 3.63) is 46.4 Å². The Bertz CT molecular complexity index is 880. The summed E-state index contributed by atoms with van der Waals surface area (Å²) in [6, 6.07) is 8.18. The number of carbonyl (C=O) groups excluding carboxylic acids is 2. The number of aromatic nitrogens is 2. The number of nitrogens with one attached hydrogen (secondary N) is 3. The average molecular weight is 357 g/mol. The molecule has 1 heterocycles. The number of hydrogen-bond acceptors (Lipinski definition) is 4. The van der Waals surface area contributed by atoms with E-state index in [1.807, 2.05) is 30.3 Å². The van der Waals surface area contributed by atoms with E-state index in [0.717, 1.165) is 18.5 Å². The van der Waals surface area contributed by atoms with E-state index < -0.39 is 18.0 Å². The van der Waals surface area contributed by atoms with E-state index in [1.54, 1.807) is 25.6 Å². The van der Waals surface area contributed by atoms with Gasteiger partial charge in [-0.05, 0) is 38.8 Å². The number of imide groups is 1. The third kappa shape index (κ3) is 3.63. The Morgan fingerprint density at radius 1 is 1.19 bits per heavy atom. The van der Waals surface area contributed by atoms with Crippen LogP contribution in [0.15, 0.2) is 35.1 Å². The van der Waals surface area contributed by atoms with Gasteiger partial charge in [-0.25, -0.2) is 9.48 Å². The van der Waals surface area contributed by atoms with Crippen LogP contribution >= 0.6 is 0 Å². The van der Waals surface area contributed by atoms with E-state index in [1.165, 1.54) is 4.68 Å². The number of amides is 3. The number of nitrogens with zero attached hydrogens (tertiary/aromatic N) is 2. The molecule has 26 heavy (non-hydrogen) atoms. The minimum atomic E-state index is -0.738. The van der Waals surface area contributed by atoms with Gasteiger partial charge in [0, 0.05) is 13.1 Å². The molecule has 138 valence electrons. The van der Waals surface area contributed by atoms with Gasteiger partial charge in [-0.1, -0.05) is 18.2 Å². The largest absolute Gasteiger partial charge is 0.368 e. The van der Waals surface area contributed by atoms with Crippen LogP contribution in [0.25, 0.3) is 5.69 Å². The van der Waals surface area contributed by atoms with E-state index in [4.69, 9.17) is 0 Å². The summed E-state index contributed by atoms with van der Waals surface area (Å²) in [6.07, 6.45) is 1.88. The molecule has 3 rings (SSSR count). The topological polar surface area (TPSA) is 97.2 Å². The maximum Gasteiger partial charge on any atom is 0.321 e. The summed E-state index contributed by atoms with van der Waals surface area (Å²) in [6.45, 7) is 3.41. The zero-order valence-corrected chi connectivity index (χ0v) is 15.1.